The molecule has 1 heterocycles. The molecule has 0 aliphatic carbocycles. The molecule has 104 valence electrons. The normalized spacial score (nSPS) is 15.2. The second-order valence-electron chi connectivity index (χ2n) is 5.17. The number of imidazole rings is 1. The van der Waals surface area contributed by atoms with Gasteiger partial charge in [-0.15, -0.1) is 11.6 Å². The van der Waals surface area contributed by atoms with E-state index in [0.717, 1.165) is 6.07 Å². The number of benzene rings is 1. The molecular weight excluding hydrogens is 270 g/mol. The van der Waals surface area contributed by atoms with Gasteiger partial charge in [0.25, 0.3) is 0 Å². The molecule has 2 nitrogen and oxygen atoms in total. The third-order valence-corrected chi connectivity index (χ3v) is 3.69. The average molecular weight is 287 g/mol. The first kappa shape index (κ1) is 14.3. The lowest BCUT2D eigenvalue weighted by molar-refractivity contribution is 0.400. The Labute approximate surface area is 116 Å². The molecule has 0 N–H and O–H groups in total. The maximum absolute atomic E-state index is 14.1. The molecule has 2 rings (SSSR count). The predicted octanol–water partition coefficient (Wildman–Crippen LogP) is 4.83. The fourth-order valence-corrected chi connectivity index (χ4v) is 2.29. The minimum Gasteiger partial charge on any atom is -0.321 e. The van der Waals surface area contributed by atoms with Crippen LogP contribution in [-0.2, 0) is 0 Å². The Balaban J connectivity index is 2.82. The summed E-state index contributed by atoms with van der Waals surface area (Å²) in [7, 11) is 0. The van der Waals surface area contributed by atoms with Gasteiger partial charge in [-0.05, 0) is 31.9 Å². The molecule has 1 aromatic heterocycles. The molecule has 5 heteroatoms. The van der Waals surface area contributed by atoms with Crippen LogP contribution in [0.1, 0.15) is 44.9 Å². The van der Waals surface area contributed by atoms with Gasteiger partial charge in [-0.25, -0.2) is 13.8 Å². The molecule has 2 aromatic rings. The first-order valence-corrected chi connectivity index (χ1v) is 6.78. The summed E-state index contributed by atoms with van der Waals surface area (Å²) in [6, 6.07) is 2.56. The third kappa shape index (κ3) is 2.34. The summed E-state index contributed by atoms with van der Waals surface area (Å²) in [5, 5.41) is -0.365. The quantitative estimate of drug-likeness (QED) is 0.739. The van der Waals surface area contributed by atoms with Crippen LogP contribution in [0.15, 0.2) is 12.1 Å². The minimum absolute atomic E-state index is 0.0162. The second-order valence-corrected chi connectivity index (χ2v) is 5.82. The maximum Gasteiger partial charge on any atom is 0.184 e. The van der Waals surface area contributed by atoms with Crippen molar-refractivity contribution in [3.8, 4) is 0 Å². The highest BCUT2D eigenvalue weighted by atomic mass is 35.5. The molecule has 0 bridgehead atoms. The standard InChI is InChI=1S/C14H17ClF2N2/c1-7(2)9(4)19-13-11(18-14(19)8(3)15)6-5-10(16)12(13)17/h5-9H,1-4H3. The average Bonchev–Trinajstić information content (AvgIpc) is 2.73. The number of aromatic nitrogens is 2. The highest BCUT2D eigenvalue weighted by Gasteiger charge is 2.24. The zero-order valence-electron chi connectivity index (χ0n) is 11.4. The van der Waals surface area contributed by atoms with E-state index in [2.05, 4.69) is 4.98 Å². The molecule has 0 aliphatic heterocycles. The van der Waals surface area contributed by atoms with Crippen molar-refractivity contribution in [1.29, 1.82) is 0 Å². The highest BCUT2D eigenvalue weighted by molar-refractivity contribution is 6.20. The van der Waals surface area contributed by atoms with Crippen molar-refractivity contribution in [2.24, 2.45) is 5.92 Å². The molecule has 0 spiro atoms. The van der Waals surface area contributed by atoms with E-state index in [1.165, 1.54) is 6.07 Å². The van der Waals surface area contributed by atoms with Gasteiger partial charge in [0.1, 0.15) is 11.3 Å². The van der Waals surface area contributed by atoms with E-state index in [0.29, 0.717) is 11.3 Å². The second kappa shape index (κ2) is 5.08. The monoisotopic (exact) mass is 286 g/mol. The number of hydrogen-bond acceptors (Lipinski definition) is 1. The van der Waals surface area contributed by atoms with Crippen LogP contribution in [0, 0.1) is 17.6 Å². The first-order valence-electron chi connectivity index (χ1n) is 6.34. The zero-order chi connectivity index (χ0) is 14.3. The van der Waals surface area contributed by atoms with Crippen LogP contribution in [0.4, 0.5) is 8.78 Å². The smallest absolute Gasteiger partial charge is 0.184 e. The molecule has 0 radical (unpaired) electrons. The molecule has 0 amide bonds. The lowest BCUT2D eigenvalue weighted by atomic mass is 10.1. The number of alkyl halides is 1. The van der Waals surface area contributed by atoms with Crippen molar-refractivity contribution in [3.05, 3.63) is 29.6 Å². The predicted molar refractivity (Wildman–Crippen MR) is 73.5 cm³/mol. The van der Waals surface area contributed by atoms with E-state index in [1.54, 1.807) is 11.5 Å². The number of rotatable bonds is 3. The van der Waals surface area contributed by atoms with E-state index >= 15 is 0 Å². The van der Waals surface area contributed by atoms with Gasteiger partial charge in [-0.3, -0.25) is 0 Å². The van der Waals surface area contributed by atoms with Gasteiger partial charge in [0.05, 0.1) is 10.9 Å². The molecule has 0 saturated heterocycles. The third-order valence-electron chi connectivity index (χ3n) is 3.50. The van der Waals surface area contributed by atoms with Crippen LogP contribution in [0.25, 0.3) is 11.0 Å². The molecule has 1 aromatic carbocycles. The van der Waals surface area contributed by atoms with Crippen LogP contribution in [0.3, 0.4) is 0 Å². The van der Waals surface area contributed by atoms with Gasteiger partial charge < -0.3 is 4.57 Å². The van der Waals surface area contributed by atoms with Gasteiger partial charge >= 0.3 is 0 Å². The Bertz CT molecular complexity index is 605. The summed E-state index contributed by atoms with van der Waals surface area (Å²) in [5.41, 5.74) is 0.637. The van der Waals surface area contributed by atoms with Crippen LogP contribution >= 0.6 is 11.6 Å². The fraction of sp³-hybridized carbons (Fsp3) is 0.500. The summed E-state index contributed by atoms with van der Waals surface area (Å²) in [6.07, 6.45) is 0. The summed E-state index contributed by atoms with van der Waals surface area (Å²) in [4.78, 5) is 4.34. The Kier molecular flexibility index (Phi) is 3.81. The van der Waals surface area contributed by atoms with Crippen LogP contribution in [-0.4, -0.2) is 9.55 Å². The molecule has 19 heavy (non-hydrogen) atoms. The van der Waals surface area contributed by atoms with Gasteiger partial charge in [-0.2, -0.15) is 0 Å². The zero-order valence-corrected chi connectivity index (χ0v) is 12.2. The van der Waals surface area contributed by atoms with E-state index in [-0.39, 0.29) is 22.9 Å². The van der Waals surface area contributed by atoms with Crippen molar-refractivity contribution in [3.63, 3.8) is 0 Å². The van der Waals surface area contributed by atoms with Gasteiger partial charge in [-0.1, -0.05) is 13.8 Å². The Morgan fingerprint density at radius 2 is 1.79 bits per heavy atom. The molecular formula is C14H17ClF2N2. The number of nitrogens with zero attached hydrogens (tertiary/aromatic N) is 2. The minimum atomic E-state index is -0.863. The fourth-order valence-electron chi connectivity index (χ4n) is 2.13. The van der Waals surface area contributed by atoms with Crippen LogP contribution < -0.4 is 0 Å². The SMILES string of the molecule is CC(Cl)c1nc2ccc(F)c(F)c2n1C(C)C(C)C. The van der Waals surface area contributed by atoms with Crippen LogP contribution in [0.2, 0.25) is 0 Å². The number of hydrogen-bond donors (Lipinski definition) is 0. The van der Waals surface area contributed by atoms with Gasteiger partial charge in [0.2, 0.25) is 0 Å². The molecule has 0 fully saturated rings. The van der Waals surface area contributed by atoms with E-state index in [4.69, 9.17) is 11.6 Å². The van der Waals surface area contributed by atoms with Crippen molar-refractivity contribution in [2.75, 3.05) is 0 Å². The summed E-state index contributed by atoms with van der Waals surface area (Å²) in [5.74, 6) is -0.893. The Morgan fingerprint density at radius 1 is 1.16 bits per heavy atom. The van der Waals surface area contributed by atoms with E-state index < -0.39 is 11.6 Å². The van der Waals surface area contributed by atoms with Crippen molar-refractivity contribution in [2.45, 2.75) is 39.1 Å². The molecule has 0 aliphatic rings. The first-order chi connectivity index (χ1) is 8.84. The van der Waals surface area contributed by atoms with E-state index in [1.807, 2.05) is 20.8 Å². The Hall–Kier alpha value is -1.16. The molecule has 0 saturated carbocycles. The summed E-state index contributed by atoms with van der Waals surface area (Å²) in [6.45, 7) is 7.78. The van der Waals surface area contributed by atoms with E-state index in [9.17, 15) is 8.78 Å². The highest BCUT2D eigenvalue weighted by Crippen LogP contribution is 2.32. The lowest BCUT2D eigenvalue weighted by Crippen LogP contribution is -2.15. The van der Waals surface area contributed by atoms with Crippen molar-refractivity contribution < 1.29 is 8.78 Å². The summed E-state index contributed by atoms with van der Waals surface area (Å²) >= 11 is 6.12. The van der Waals surface area contributed by atoms with Gasteiger partial charge in [0, 0.05) is 6.04 Å². The van der Waals surface area contributed by atoms with Crippen molar-refractivity contribution in [1.82, 2.24) is 9.55 Å². The summed E-state index contributed by atoms with van der Waals surface area (Å²) < 4.78 is 29.3. The molecule has 2 atom stereocenters. The lowest BCUT2D eigenvalue weighted by Gasteiger charge is -2.22. The molecule has 2 unspecified atom stereocenters. The topological polar surface area (TPSA) is 17.8 Å². The largest absolute Gasteiger partial charge is 0.321 e. The number of fused-ring (bicyclic) bond motifs is 1. The number of halogens is 3. The Morgan fingerprint density at radius 3 is 2.32 bits per heavy atom. The van der Waals surface area contributed by atoms with Gasteiger partial charge in [0.15, 0.2) is 11.6 Å². The van der Waals surface area contributed by atoms with Crippen molar-refractivity contribution >= 4 is 22.6 Å². The van der Waals surface area contributed by atoms with Crippen LogP contribution in [0.5, 0.6) is 0 Å². The maximum atomic E-state index is 14.1.